The molecule has 2 aliphatic carbocycles. The first-order chi connectivity index (χ1) is 10.7. The van der Waals surface area contributed by atoms with Crippen molar-refractivity contribution in [3.05, 3.63) is 47.1 Å². The molecule has 2 N–H and O–H groups in total. The molecule has 1 unspecified atom stereocenters. The molecule has 1 heterocycles. The number of nitrogens with zero attached hydrogens (tertiary/aromatic N) is 2. The molecule has 0 amide bonds. The summed E-state index contributed by atoms with van der Waals surface area (Å²) in [5.41, 5.74) is 9.00. The van der Waals surface area contributed by atoms with Crippen LogP contribution in [-0.4, -0.2) is 10.1 Å². The van der Waals surface area contributed by atoms with Crippen LogP contribution in [0.15, 0.2) is 28.8 Å². The normalized spacial score (nSPS) is 23.4. The largest absolute Gasteiger partial charge is 0.339 e. The van der Waals surface area contributed by atoms with E-state index < -0.39 is 0 Å². The second-order valence-electron chi connectivity index (χ2n) is 6.87. The van der Waals surface area contributed by atoms with Crippen molar-refractivity contribution in [2.45, 2.75) is 62.8 Å². The highest BCUT2D eigenvalue weighted by atomic mass is 16.5. The summed E-state index contributed by atoms with van der Waals surface area (Å²) < 4.78 is 5.52. The minimum absolute atomic E-state index is 0.355. The Bertz CT molecular complexity index is 658. The van der Waals surface area contributed by atoms with Crippen LogP contribution in [0.25, 0.3) is 0 Å². The fourth-order valence-electron chi connectivity index (χ4n) is 4.05. The molecule has 1 atom stereocenters. The lowest BCUT2D eigenvalue weighted by atomic mass is 9.81. The van der Waals surface area contributed by atoms with Crippen LogP contribution < -0.4 is 5.73 Å². The zero-order valence-corrected chi connectivity index (χ0v) is 12.9. The minimum atomic E-state index is -0.355. The maximum absolute atomic E-state index is 6.42. The number of rotatable bonds is 3. The lowest BCUT2D eigenvalue weighted by Crippen LogP contribution is -2.34. The van der Waals surface area contributed by atoms with Crippen LogP contribution >= 0.6 is 0 Å². The van der Waals surface area contributed by atoms with E-state index in [4.69, 9.17) is 10.3 Å². The molecule has 0 radical (unpaired) electrons. The predicted octanol–water partition coefficient (Wildman–Crippen LogP) is 3.46. The average Bonchev–Trinajstić information content (AvgIpc) is 3.18. The molecular formula is C18H23N3O. The molecule has 1 aromatic heterocycles. The number of nitrogens with two attached hydrogens (primary N) is 1. The Morgan fingerprint density at radius 1 is 1.18 bits per heavy atom. The van der Waals surface area contributed by atoms with E-state index in [9.17, 15) is 0 Å². The van der Waals surface area contributed by atoms with Gasteiger partial charge in [0, 0.05) is 6.42 Å². The maximum atomic E-state index is 6.42. The molecule has 4 heteroatoms. The van der Waals surface area contributed by atoms with Crippen molar-refractivity contribution in [1.82, 2.24) is 10.1 Å². The Labute approximate surface area is 131 Å². The fourth-order valence-corrected chi connectivity index (χ4v) is 4.05. The number of aromatic nitrogens is 2. The molecule has 0 saturated heterocycles. The highest BCUT2D eigenvalue weighted by molar-refractivity contribution is 5.33. The van der Waals surface area contributed by atoms with Crippen molar-refractivity contribution in [2.75, 3.05) is 0 Å². The van der Waals surface area contributed by atoms with Gasteiger partial charge in [-0.05, 0) is 49.1 Å². The molecule has 116 valence electrons. The average molecular weight is 297 g/mol. The first-order valence-corrected chi connectivity index (χ1v) is 8.44. The van der Waals surface area contributed by atoms with Crippen molar-refractivity contribution in [1.29, 1.82) is 0 Å². The summed E-state index contributed by atoms with van der Waals surface area (Å²) in [6.07, 6.45) is 8.73. The SMILES string of the molecule is NC1(c2noc(CC3CCCc4ccccc43)n2)CCCC1. The number of hydrogen-bond donors (Lipinski definition) is 1. The summed E-state index contributed by atoms with van der Waals surface area (Å²) >= 11 is 0. The van der Waals surface area contributed by atoms with E-state index in [1.807, 2.05) is 0 Å². The molecule has 2 aliphatic rings. The van der Waals surface area contributed by atoms with Crippen molar-refractivity contribution >= 4 is 0 Å². The maximum Gasteiger partial charge on any atom is 0.227 e. The van der Waals surface area contributed by atoms with E-state index in [0.29, 0.717) is 11.7 Å². The van der Waals surface area contributed by atoms with E-state index in [1.165, 1.54) is 30.4 Å². The van der Waals surface area contributed by atoms with Crippen molar-refractivity contribution in [2.24, 2.45) is 5.73 Å². The predicted molar refractivity (Wildman–Crippen MR) is 84.5 cm³/mol. The van der Waals surface area contributed by atoms with E-state index in [0.717, 1.165) is 38.0 Å². The lowest BCUT2D eigenvalue weighted by molar-refractivity contribution is 0.340. The first-order valence-electron chi connectivity index (χ1n) is 8.44. The van der Waals surface area contributed by atoms with Crippen LogP contribution in [0.4, 0.5) is 0 Å². The molecule has 2 aromatic rings. The minimum Gasteiger partial charge on any atom is -0.339 e. The van der Waals surface area contributed by atoms with Crippen LogP contribution in [0, 0.1) is 0 Å². The van der Waals surface area contributed by atoms with Crippen LogP contribution in [0.5, 0.6) is 0 Å². The molecule has 1 aromatic carbocycles. The standard InChI is InChI=1S/C18H23N3O/c19-18(10-3-4-11-18)17-20-16(22-21-17)12-14-8-5-7-13-6-1-2-9-15(13)14/h1-2,6,9,14H,3-5,7-8,10-12,19H2. The van der Waals surface area contributed by atoms with Gasteiger partial charge in [0.25, 0.3) is 0 Å². The lowest BCUT2D eigenvalue weighted by Gasteiger charge is -2.24. The first kappa shape index (κ1) is 13.9. The molecule has 1 fully saturated rings. The summed E-state index contributed by atoms with van der Waals surface area (Å²) in [7, 11) is 0. The second kappa shape index (κ2) is 5.51. The Balaban J connectivity index is 1.54. The third-order valence-corrected chi connectivity index (χ3v) is 5.32. The van der Waals surface area contributed by atoms with Gasteiger partial charge in [-0.15, -0.1) is 0 Å². The quantitative estimate of drug-likeness (QED) is 0.942. The number of benzene rings is 1. The van der Waals surface area contributed by atoms with Gasteiger partial charge in [0.15, 0.2) is 5.82 Å². The van der Waals surface area contributed by atoms with Gasteiger partial charge in [0.2, 0.25) is 5.89 Å². The van der Waals surface area contributed by atoms with Gasteiger partial charge in [-0.1, -0.05) is 42.3 Å². The number of aryl methyl sites for hydroxylation is 1. The Kier molecular flexibility index (Phi) is 3.49. The monoisotopic (exact) mass is 297 g/mol. The molecule has 4 nitrogen and oxygen atoms in total. The van der Waals surface area contributed by atoms with Crippen molar-refractivity contribution in [3.63, 3.8) is 0 Å². The molecule has 0 bridgehead atoms. The molecule has 0 aliphatic heterocycles. The smallest absolute Gasteiger partial charge is 0.227 e. The zero-order chi connectivity index (χ0) is 15.0. The highest BCUT2D eigenvalue weighted by Crippen LogP contribution is 2.36. The summed E-state index contributed by atoms with van der Waals surface area (Å²) in [6.45, 7) is 0. The number of hydrogen-bond acceptors (Lipinski definition) is 4. The highest BCUT2D eigenvalue weighted by Gasteiger charge is 2.36. The van der Waals surface area contributed by atoms with Crippen molar-refractivity contribution < 1.29 is 4.52 Å². The molecule has 22 heavy (non-hydrogen) atoms. The van der Waals surface area contributed by atoms with E-state index in [1.54, 1.807) is 0 Å². The molecule has 0 spiro atoms. The topological polar surface area (TPSA) is 64.9 Å². The third kappa shape index (κ3) is 2.45. The summed E-state index contributed by atoms with van der Waals surface area (Å²) in [5, 5.41) is 4.18. The van der Waals surface area contributed by atoms with Gasteiger partial charge in [0.1, 0.15) is 0 Å². The van der Waals surface area contributed by atoms with Gasteiger partial charge < -0.3 is 10.3 Å². The second-order valence-corrected chi connectivity index (χ2v) is 6.87. The van der Waals surface area contributed by atoms with Crippen LogP contribution in [0.3, 0.4) is 0 Å². The Hall–Kier alpha value is -1.68. The van der Waals surface area contributed by atoms with Crippen LogP contribution in [-0.2, 0) is 18.4 Å². The zero-order valence-electron chi connectivity index (χ0n) is 12.9. The van der Waals surface area contributed by atoms with E-state index in [2.05, 4.69) is 34.4 Å². The molecule has 4 rings (SSSR count). The van der Waals surface area contributed by atoms with Crippen LogP contribution in [0.1, 0.15) is 67.3 Å². The van der Waals surface area contributed by atoms with E-state index in [-0.39, 0.29) is 5.54 Å². The Morgan fingerprint density at radius 3 is 2.86 bits per heavy atom. The summed E-state index contributed by atoms with van der Waals surface area (Å²) in [5.74, 6) is 1.95. The molecular weight excluding hydrogens is 274 g/mol. The van der Waals surface area contributed by atoms with Gasteiger partial charge in [-0.25, -0.2) is 0 Å². The molecule has 1 saturated carbocycles. The van der Waals surface area contributed by atoms with Gasteiger partial charge in [-0.3, -0.25) is 0 Å². The van der Waals surface area contributed by atoms with Gasteiger partial charge in [-0.2, -0.15) is 4.98 Å². The van der Waals surface area contributed by atoms with Gasteiger partial charge in [0.05, 0.1) is 5.54 Å². The summed E-state index contributed by atoms with van der Waals surface area (Å²) in [4.78, 5) is 4.63. The van der Waals surface area contributed by atoms with E-state index >= 15 is 0 Å². The summed E-state index contributed by atoms with van der Waals surface area (Å²) in [6, 6.07) is 8.75. The number of fused-ring (bicyclic) bond motifs is 1. The van der Waals surface area contributed by atoms with Gasteiger partial charge >= 0.3 is 0 Å². The Morgan fingerprint density at radius 2 is 2.00 bits per heavy atom. The third-order valence-electron chi connectivity index (χ3n) is 5.32. The van der Waals surface area contributed by atoms with Crippen molar-refractivity contribution in [3.8, 4) is 0 Å². The van der Waals surface area contributed by atoms with Crippen LogP contribution in [0.2, 0.25) is 0 Å². The fraction of sp³-hybridized carbons (Fsp3) is 0.556.